The largest absolute Gasteiger partial charge is 0.469 e. The van der Waals surface area contributed by atoms with Crippen LogP contribution in [-0.4, -0.2) is 38.5 Å². The van der Waals surface area contributed by atoms with Crippen LogP contribution >= 0.6 is 24.0 Å². The van der Waals surface area contributed by atoms with Crippen LogP contribution < -0.4 is 15.5 Å². The van der Waals surface area contributed by atoms with Crippen molar-refractivity contribution in [3.8, 4) is 0 Å². The standard InChI is InChI=1S/C20H26N4O2.HI/c1-21-20(23-13-10-17-7-5-15-26-17)22-12-4-9-19(25)24-14-11-16-6-2-3-8-18(16)24;/h2-3,5-8,15H,4,9-14H2,1H3,(H2,21,22,23);1H. The van der Waals surface area contributed by atoms with Crippen molar-refractivity contribution in [2.45, 2.75) is 25.7 Å². The van der Waals surface area contributed by atoms with Gasteiger partial charge in [-0.3, -0.25) is 9.79 Å². The second-order valence-corrected chi connectivity index (χ2v) is 6.28. The SMILES string of the molecule is CN=C(NCCCC(=O)N1CCc2ccccc21)NCCc1ccco1.I. The smallest absolute Gasteiger partial charge is 0.227 e. The van der Waals surface area contributed by atoms with Crippen molar-refractivity contribution in [3.63, 3.8) is 0 Å². The van der Waals surface area contributed by atoms with Gasteiger partial charge in [0.1, 0.15) is 5.76 Å². The Balaban J connectivity index is 0.00000261. The van der Waals surface area contributed by atoms with Crippen LogP contribution in [0, 0.1) is 0 Å². The summed E-state index contributed by atoms with van der Waals surface area (Å²) in [4.78, 5) is 18.6. The highest BCUT2D eigenvalue weighted by atomic mass is 127. The zero-order chi connectivity index (χ0) is 18.2. The predicted octanol–water partition coefficient (Wildman–Crippen LogP) is 2.97. The second-order valence-electron chi connectivity index (χ2n) is 6.28. The molecule has 1 aliphatic rings. The fourth-order valence-electron chi connectivity index (χ4n) is 3.16. The number of carbonyl (C=O) groups excluding carboxylic acids is 1. The molecule has 0 radical (unpaired) electrons. The van der Waals surface area contributed by atoms with E-state index in [-0.39, 0.29) is 29.9 Å². The van der Waals surface area contributed by atoms with Crippen molar-refractivity contribution in [1.29, 1.82) is 0 Å². The van der Waals surface area contributed by atoms with Gasteiger partial charge in [0.2, 0.25) is 5.91 Å². The number of hydrogen-bond acceptors (Lipinski definition) is 3. The maximum atomic E-state index is 12.5. The molecule has 0 unspecified atom stereocenters. The lowest BCUT2D eigenvalue weighted by Crippen LogP contribution is -2.39. The molecule has 3 rings (SSSR count). The number of para-hydroxylation sites is 1. The van der Waals surface area contributed by atoms with Crippen molar-refractivity contribution < 1.29 is 9.21 Å². The number of anilines is 1. The normalized spacial score (nSPS) is 13.1. The summed E-state index contributed by atoms with van der Waals surface area (Å²) >= 11 is 0. The minimum Gasteiger partial charge on any atom is -0.469 e. The highest BCUT2D eigenvalue weighted by molar-refractivity contribution is 14.0. The van der Waals surface area contributed by atoms with Crippen LogP contribution in [0.1, 0.15) is 24.2 Å². The maximum absolute atomic E-state index is 12.5. The molecule has 7 heteroatoms. The van der Waals surface area contributed by atoms with Crippen LogP contribution in [-0.2, 0) is 17.6 Å². The molecule has 6 nitrogen and oxygen atoms in total. The van der Waals surface area contributed by atoms with Crippen LogP contribution in [0.4, 0.5) is 5.69 Å². The van der Waals surface area contributed by atoms with Crippen LogP contribution in [0.5, 0.6) is 0 Å². The average molecular weight is 482 g/mol. The summed E-state index contributed by atoms with van der Waals surface area (Å²) in [5.74, 6) is 1.89. The van der Waals surface area contributed by atoms with Crippen molar-refractivity contribution in [3.05, 3.63) is 54.0 Å². The van der Waals surface area contributed by atoms with Gasteiger partial charge in [-0.15, -0.1) is 24.0 Å². The highest BCUT2D eigenvalue weighted by Gasteiger charge is 2.23. The molecule has 2 N–H and O–H groups in total. The van der Waals surface area contributed by atoms with Gasteiger partial charge in [-0.05, 0) is 36.6 Å². The summed E-state index contributed by atoms with van der Waals surface area (Å²) < 4.78 is 5.31. The van der Waals surface area contributed by atoms with Gasteiger partial charge < -0.3 is 20.0 Å². The summed E-state index contributed by atoms with van der Waals surface area (Å²) in [7, 11) is 1.74. The Labute approximate surface area is 177 Å². The van der Waals surface area contributed by atoms with Gasteiger partial charge in [-0.1, -0.05) is 18.2 Å². The van der Waals surface area contributed by atoms with Gasteiger partial charge in [-0.2, -0.15) is 0 Å². The number of aliphatic imine (C=N–C) groups is 1. The molecule has 27 heavy (non-hydrogen) atoms. The lowest BCUT2D eigenvalue weighted by molar-refractivity contribution is -0.118. The average Bonchev–Trinajstić information content (AvgIpc) is 3.33. The Morgan fingerprint density at radius 1 is 1.19 bits per heavy atom. The first-order valence-electron chi connectivity index (χ1n) is 9.13. The Morgan fingerprint density at radius 3 is 2.78 bits per heavy atom. The van der Waals surface area contributed by atoms with E-state index in [1.54, 1.807) is 13.3 Å². The fourth-order valence-corrected chi connectivity index (χ4v) is 3.16. The number of guanidine groups is 1. The van der Waals surface area contributed by atoms with E-state index in [0.717, 1.165) is 49.8 Å². The molecule has 0 bridgehead atoms. The van der Waals surface area contributed by atoms with E-state index in [1.165, 1.54) is 5.56 Å². The van der Waals surface area contributed by atoms with E-state index in [4.69, 9.17) is 4.42 Å². The lowest BCUT2D eigenvalue weighted by Gasteiger charge is -2.17. The number of hydrogen-bond donors (Lipinski definition) is 2. The Morgan fingerprint density at radius 2 is 2.00 bits per heavy atom. The molecule has 0 spiro atoms. The molecular weight excluding hydrogens is 455 g/mol. The number of rotatable bonds is 7. The van der Waals surface area contributed by atoms with E-state index in [9.17, 15) is 4.79 Å². The van der Waals surface area contributed by atoms with Gasteiger partial charge in [0.25, 0.3) is 0 Å². The molecule has 2 heterocycles. The Hall–Kier alpha value is -2.03. The monoisotopic (exact) mass is 482 g/mol. The third-order valence-corrected chi connectivity index (χ3v) is 4.52. The van der Waals surface area contributed by atoms with Crippen molar-refractivity contribution in [1.82, 2.24) is 10.6 Å². The van der Waals surface area contributed by atoms with E-state index in [2.05, 4.69) is 21.7 Å². The molecule has 1 aromatic heterocycles. The molecule has 0 saturated heterocycles. The first kappa shape index (κ1) is 21.3. The van der Waals surface area contributed by atoms with Gasteiger partial charge in [0.05, 0.1) is 6.26 Å². The highest BCUT2D eigenvalue weighted by Crippen LogP contribution is 2.27. The summed E-state index contributed by atoms with van der Waals surface area (Å²) in [5, 5.41) is 6.50. The van der Waals surface area contributed by atoms with Gasteiger partial charge in [-0.25, -0.2) is 0 Å². The minimum absolute atomic E-state index is 0. The Kier molecular flexibility index (Phi) is 8.63. The zero-order valence-electron chi connectivity index (χ0n) is 15.6. The van der Waals surface area contributed by atoms with Gasteiger partial charge in [0, 0.05) is 45.2 Å². The number of carbonyl (C=O) groups is 1. The van der Waals surface area contributed by atoms with Crippen molar-refractivity contribution in [2.24, 2.45) is 4.99 Å². The summed E-state index contributed by atoms with van der Waals surface area (Å²) in [6.45, 7) is 2.25. The number of halogens is 1. The molecule has 2 aromatic rings. The number of nitrogens with one attached hydrogen (secondary N) is 2. The second kappa shape index (κ2) is 11.0. The topological polar surface area (TPSA) is 69.9 Å². The van der Waals surface area contributed by atoms with Crippen LogP contribution in [0.2, 0.25) is 0 Å². The molecule has 0 aliphatic carbocycles. The minimum atomic E-state index is 0. The molecule has 146 valence electrons. The molecule has 1 aliphatic heterocycles. The van der Waals surface area contributed by atoms with E-state index >= 15 is 0 Å². The van der Waals surface area contributed by atoms with Crippen LogP contribution in [0.15, 0.2) is 52.1 Å². The summed E-state index contributed by atoms with van der Waals surface area (Å²) in [6, 6.07) is 12.0. The van der Waals surface area contributed by atoms with E-state index in [1.807, 2.05) is 35.2 Å². The summed E-state index contributed by atoms with van der Waals surface area (Å²) in [5.41, 5.74) is 2.33. The third-order valence-electron chi connectivity index (χ3n) is 4.52. The van der Waals surface area contributed by atoms with Crippen LogP contribution in [0.25, 0.3) is 0 Å². The number of nitrogens with zero attached hydrogens (tertiary/aromatic N) is 2. The molecule has 0 fully saturated rings. The Bertz CT molecular complexity index is 746. The lowest BCUT2D eigenvalue weighted by atomic mass is 10.2. The summed E-state index contributed by atoms with van der Waals surface area (Å²) in [6.07, 6.45) is 4.74. The first-order valence-corrected chi connectivity index (χ1v) is 9.13. The van der Waals surface area contributed by atoms with Crippen molar-refractivity contribution >= 4 is 41.5 Å². The van der Waals surface area contributed by atoms with E-state index in [0.29, 0.717) is 13.0 Å². The number of furan rings is 1. The van der Waals surface area contributed by atoms with Gasteiger partial charge in [0.15, 0.2) is 5.96 Å². The number of benzene rings is 1. The molecule has 1 amide bonds. The fraction of sp³-hybridized carbons (Fsp3) is 0.400. The van der Waals surface area contributed by atoms with Crippen LogP contribution in [0.3, 0.4) is 0 Å². The molecular formula is C20H27IN4O2. The molecule has 1 aromatic carbocycles. The zero-order valence-corrected chi connectivity index (χ0v) is 17.9. The predicted molar refractivity (Wildman–Crippen MR) is 119 cm³/mol. The first-order chi connectivity index (χ1) is 12.8. The van der Waals surface area contributed by atoms with Gasteiger partial charge >= 0.3 is 0 Å². The maximum Gasteiger partial charge on any atom is 0.227 e. The van der Waals surface area contributed by atoms with Crippen molar-refractivity contribution in [2.75, 3.05) is 31.6 Å². The molecule has 0 saturated carbocycles. The quantitative estimate of drug-likeness (QED) is 0.276. The molecule has 0 atom stereocenters. The number of fused-ring (bicyclic) bond motifs is 1. The third kappa shape index (κ3) is 5.98. The van der Waals surface area contributed by atoms with E-state index < -0.39 is 0 Å². The number of amides is 1.